The van der Waals surface area contributed by atoms with E-state index in [2.05, 4.69) is 25.5 Å². The fraction of sp³-hybridized carbons (Fsp3) is 0.455. The molecule has 33 heavy (non-hydrogen) atoms. The predicted molar refractivity (Wildman–Crippen MR) is 111 cm³/mol. The van der Waals surface area contributed by atoms with Crippen LogP contribution in [0.5, 0.6) is 5.88 Å². The van der Waals surface area contributed by atoms with Gasteiger partial charge >= 0.3 is 6.18 Å². The summed E-state index contributed by atoms with van der Waals surface area (Å²) in [7, 11) is 0. The van der Waals surface area contributed by atoms with E-state index in [1.54, 1.807) is 0 Å². The molecule has 0 unspecified atom stereocenters. The second-order valence-electron chi connectivity index (χ2n) is 8.20. The number of rotatable bonds is 6. The Hall–Kier alpha value is -3.21. The van der Waals surface area contributed by atoms with Crippen LogP contribution in [0.4, 0.5) is 19.1 Å². The van der Waals surface area contributed by atoms with Crippen molar-refractivity contribution in [2.45, 2.75) is 49.9 Å². The van der Waals surface area contributed by atoms with Crippen molar-refractivity contribution in [1.82, 2.24) is 20.2 Å². The average molecular weight is 461 g/mol. The van der Waals surface area contributed by atoms with E-state index >= 15 is 0 Å². The van der Waals surface area contributed by atoms with Crippen molar-refractivity contribution < 1.29 is 27.1 Å². The number of nitrogens with zero attached hydrogens (tertiary/aromatic N) is 4. The topological polar surface area (TPSA) is 95.2 Å². The molecule has 2 aliphatic rings. The molecule has 0 amide bonds. The molecule has 0 spiro atoms. The van der Waals surface area contributed by atoms with Gasteiger partial charge in [-0.3, -0.25) is 0 Å². The molecule has 1 N–H and O–H groups in total. The summed E-state index contributed by atoms with van der Waals surface area (Å²) in [4.78, 5) is 7.91. The summed E-state index contributed by atoms with van der Waals surface area (Å²) in [5.41, 5.74) is -0.148. The molecule has 1 saturated carbocycles. The molecule has 0 radical (unpaired) electrons. The molecular formula is C22H22F3N5O3. The van der Waals surface area contributed by atoms with Crippen LogP contribution < -0.4 is 10.1 Å². The van der Waals surface area contributed by atoms with Crippen LogP contribution in [0, 0.1) is 0 Å². The van der Waals surface area contributed by atoms with Crippen molar-refractivity contribution in [2.75, 3.05) is 18.5 Å². The van der Waals surface area contributed by atoms with Crippen LogP contribution in [0.1, 0.15) is 43.1 Å². The van der Waals surface area contributed by atoms with E-state index in [0.717, 1.165) is 31.0 Å². The van der Waals surface area contributed by atoms with Crippen LogP contribution >= 0.6 is 0 Å². The highest BCUT2D eigenvalue weighted by Gasteiger charge is 2.38. The molecule has 2 fully saturated rings. The van der Waals surface area contributed by atoms with Gasteiger partial charge in [-0.05, 0) is 31.4 Å². The lowest BCUT2D eigenvalue weighted by molar-refractivity contribution is -0.142. The second-order valence-corrected chi connectivity index (χ2v) is 8.20. The number of halogens is 3. The molecule has 1 saturated heterocycles. The molecule has 1 aromatic carbocycles. The number of benzene rings is 1. The van der Waals surface area contributed by atoms with Gasteiger partial charge in [0.25, 0.3) is 0 Å². The zero-order valence-electron chi connectivity index (χ0n) is 17.6. The highest BCUT2D eigenvalue weighted by atomic mass is 19.4. The number of hydrogen-bond donors (Lipinski definition) is 1. The van der Waals surface area contributed by atoms with Gasteiger partial charge in [-0.15, -0.1) is 10.2 Å². The number of anilines is 1. The van der Waals surface area contributed by atoms with Crippen molar-refractivity contribution in [3.63, 3.8) is 0 Å². The third-order valence-corrected chi connectivity index (χ3v) is 5.76. The summed E-state index contributed by atoms with van der Waals surface area (Å²) in [6.07, 6.45) is -1.00. The zero-order chi connectivity index (χ0) is 22.8. The number of ether oxygens (including phenoxy) is 2. The van der Waals surface area contributed by atoms with Gasteiger partial charge in [0.1, 0.15) is 11.7 Å². The number of hydrogen-bond acceptors (Lipinski definition) is 8. The summed E-state index contributed by atoms with van der Waals surface area (Å²) in [5.74, 6) is 0.680. The van der Waals surface area contributed by atoms with Gasteiger partial charge in [0, 0.05) is 23.7 Å². The monoisotopic (exact) mass is 461 g/mol. The molecule has 174 valence electrons. The van der Waals surface area contributed by atoms with Gasteiger partial charge < -0.3 is 19.2 Å². The van der Waals surface area contributed by atoms with Crippen LogP contribution in [0.15, 0.2) is 40.9 Å². The number of aromatic nitrogens is 4. The van der Waals surface area contributed by atoms with Gasteiger partial charge in [0.05, 0.1) is 13.2 Å². The lowest BCUT2D eigenvalue weighted by Crippen LogP contribution is -2.39. The van der Waals surface area contributed by atoms with Crippen molar-refractivity contribution in [3.8, 4) is 17.3 Å². The van der Waals surface area contributed by atoms with Gasteiger partial charge in [0.2, 0.25) is 23.6 Å². The third-order valence-electron chi connectivity index (χ3n) is 5.76. The molecular weight excluding hydrogens is 439 g/mol. The molecule has 8 nitrogen and oxygen atoms in total. The Labute approximate surface area is 187 Å². The third kappa shape index (κ3) is 4.92. The first-order valence-electron chi connectivity index (χ1n) is 10.8. The van der Waals surface area contributed by atoms with E-state index in [1.807, 2.05) is 30.3 Å². The molecule has 2 atom stereocenters. The van der Waals surface area contributed by atoms with Crippen LogP contribution in [0.25, 0.3) is 11.5 Å². The van der Waals surface area contributed by atoms with Gasteiger partial charge in [-0.2, -0.15) is 18.2 Å². The summed E-state index contributed by atoms with van der Waals surface area (Å²) in [5, 5.41) is 11.5. The molecule has 3 heterocycles. The van der Waals surface area contributed by atoms with Crippen LogP contribution in [-0.4, -0.2) is 45.5 Å². The normalized spacial score (nSPS) is 21.4. The molecule has 5 rings (SSSR count). The Kier molecular flexibility index (Phi) is 5.88. The van der Waals surface area contributed by atoms with Crippen molar-refractivity contribution in [2.24, 2.45) is 0 Å². The van der Waals surface area contributed by atoms with Crippen LogP contribution in [0.3, 0.4) is 0 Å². The highest BCUT2D eigenvalue weighted by molar-refractivity contribution is 5.51. The van der Waals surface area contributed by atoms with Gasteiger partial charge in [-0.25, -0.2) is 4.98 Å². The largest absolute Gasteiger partial charge is 0.469 e. The number of alkyl halides is 3. The van der Waals surface area contributed by atoms with E-state index in [0.29, 0.717) is 18.2 Å². The molecule has 3 aromatic rings. The quantitative estimate of drug-likeness (QED) is 0.575. The SMILES string of the molecule is FC(F)(F)c1cnc(N[C@@H]2CCC[C@H](c3nnc(-c4ccccc4)o3)C2)nc1OC1COC1. The Morgan fingerprint density at radius 3 is 2.61 bits per heavy atom. The average Bonchev–Trinajstić information content (AvgIpc) is 3.27. The first-order valence-corrected chi connectivity index (χ1v) is 10.8. The smallest absolute Gasteiger partial charge is 0.423 e. The van der Waals surface area contributed by atoms with E-state index in [1.165, 1.54) is 0 Å². The highest BCUT2D eigenvalue weighted by Crippen LogP contribution is 2.37. The number of nitrogens with one attached hydrogen (secondary N) is 1. The Balaban J connectivity index is 1.28. The molecule has 2 aromatic heterocycles. The summed E-state index contributed by atoms with van der Waals surface area (Å²) < 4.78 is 56.3. The summed E-state index contributed by atoms with van der Waals surface area (Å²) in [6, 6.07) is 9.48. The minimum Gasteiger partial charge on any atom is -0.469 e. The van der Waals surface area contributed by atoms with Crippen molar-refractivity contribution >= 4 is 5.95 Å². The first-order chi connectivity index (χ1) is 16.0. The zero-order valence-corrected chi connectivity index (χ0v) is 17.6. The second kappa shape index (κ2) is 8.97. The van der Waals surface area contributed by atoms with E-state index in [4.69, 9.17) is 13.9 Å². The maximum atomic E-state index is 13.3. The van der Waals surface area contributed by atoms with Crippen LogP contribution in [-0.2, 0) is 10.9 Å². The molecule has 1 aliphatic carbocycles. The maximum absolute atomic E-state index is 13.3. The lowest BCUT2D eigenvalue weighted by Gasteiger charge is -2.29. The van der Waals surface area contributed by atoms with Crippen molar-refractivity contribution in [3.05, 3.63) is 48.0 Å². The maximum Gasteiger partial charge on any atom is 0.423 e. The predicted octanol–water partition coefficient (Wildman–Crippen LogP) is 4.46. The Bertz CT molecular complexity index is 1090. The standard InChI is InChI=1S/C22H22F3N5O3/c23-22(24,25)17-10-26-21(28-20(17)32-16-11-31-12-16)27-15-8-4-7-14(9-15)19-30-29-18(33-19)13-5-2-1-3-6-13/h1-3,5-6,10,14-16H,4,7-9,11-12H2,(H,26,27,28)/t14-,15+/m0/s1. The fourth-order valence-electron chi connectivity index (χ4n) is 3.98. The Morgan fingerprint density at radius 2 is 1.88 bits per heavy atom. The summed E-state index contributed by atoms with van der Waals surface area (Å²) in [6.45, 7) is 0.479. The van der Waals surface area contributed by atoms with Crippen LogP contribution in [0.2, 0.25) is 0 Å². The van der Waals surface area contributed by atoms with E-state index in [9.17, 15) is 13.2 Å². The lowest BCUT2D eigenvalue weighted by atomic mass is 9.85. The van der Waals surface area contributed by atoms with Gasteiger partial charge in [-0.1, -0.05) is 24.6 Å². The minimum absolute atomic E-state index is 0.0403. The molecule has 1 aliphatic heterocycles. The Morgan fingerprint density at radius 1 is 1.06 bits per heavy atom. The summed E-state index contributed by atoms with van der Waals surface area (Å²) >= 11 is 0. The van der Waals surface area contributed by atoms with Crippen molar-refractivity contribution in [1.29, 1.82) is 0 Å². The first kappa shape index (κ1) is 21.6. The van der Waals surface area contributed by atoms with E-state index < -0.39 is 23.7 Å². The minimum atomic E-state index is -4.61. The fourth-order valence-corrected chi connectivity index (χ4v) is 3.98. The molecule has 0 bridgehead atoms. The van der Waals surface area contributed by atoms with Gasteiger partial charge in [0.15, 0.2) is 0 Å². The van der Waals surface area contributed by atoms with E-state index in [-0.39, 0.29) is 31.1 Å². The molecule has 11 heteroatoms.